The van der Waals surface area contributed by atoms with Gasteiger partial charge in [-0.3, -0.25) is 9.78 Å². The van der Waals surface area contributed by atoms with E-state index in [0.717, 1.165) is 30.9 Å². The number of amides is 1. The Morgan fingerprint density at radius 2 is 2.03 bits per heavy atom. The van der Waals surface area contributed by atoms with Crippen molar-refractivity contribution in [3.63, 3.8) is 0 Å². The second kappa shape index (κ2) is 8.12. The summed E-state index contributed by atoms with van der Waals surface area (Å²) < 4.78 is 14.6. The average Bonchev–Trinajstić information content (AvgIpc) is 3.14. The van der Waals surface area contributed by atoms with Crippen molar-refractivity contribution in [2.45, 2.75) is 32.2 Å². The topological polar surface area (TPSA) is 62.2 Å². The van der Waals surface area contributed by atoms with Crippen LogP contribution in [0.2, 0.25) is 0 Å². The molecule has 0 spiro atoms. The number of aryl methyl sites for hydroxylation is 1. The third kappa shape index (κ3) is 4.28. The van der Waals surface area contributed by atoms with Crippen molar-refractivity contribution >= 4 is 28.0 Å². The highest BCUT2D eigenvalue weighted by atomic mass is 32.1. The summed E-state index contributed by atoms with van der Waals surface area (Å²) in [6.07, 6.45) is 3.69. The molecule has 1 aliphatic rings. The zero-order chi connectivity index (χ0) is 20.5. The normalized spacial score (nSPS) is 15.7. The van der Waals surface area contributed by atoms with Gasteiger partial charge in [-0.2, -0.15) is 0 Å². The predicted octanol–water partition coefficient (Wildman–Crippen LogP) is 3.30. The lowest BCUT2D eigenvalue weighted by molar-refractivity contribution is -0.132. The van der Waals surface area contributed by atoms with E-state index in [1.54, 1.807) is 6.07 Å². The maximum absolute atomic E-state index is 14.6. The van der Waals surface area contributed by atoms with Gasteiger partial charge in [0.25, 0.3) is 0 Å². The molecule has 152 valence electrons. The van der Waals surface area contributed by atoms with Crippen molar-refractivity contribution in [3.8, 4) is 10.6 Å². The smallest absolute Gasteiger partial charge is 0.228 e. The molecule has 0 N–H and O–H groups in total. The molecule has 0 bridgehead atoms. The fourth-order valence-electron chi connectivity index (χ4n) is 3.76. The lowest BCUT2D eigenvalue weighted by atomic mass is 10.0. The molecule has 29 heavy (non-hydrogen) atoms. The molecule has 1 saturated heterocycles. The van der Waals surface area contributed by atoms with Crippen LogP contribution in [-0.2, 0) is 11.2 Å². The molecule has 3 heterocycles. The molecule has 1 aromatic carbocycles. The number of carbonyl (C=O) groups is 1. The maximum Gasteiger partial charge on any atom is 0.228 e. The highest BCUT2D eigenvalue weighted by Gasteiger charge is 2.24. The first kappa shape index (κ1) is 19.8. The molecule has 4 rings (SSSR count). The number of halogens is 1. The van der Waals surface area contributed by atoms with Gasteiger partial charge in [0, 0.05) is 30.2 Å². The van der Waals surface area contributed by atoms with Gasteiger partial charge < -0.3 is 9.80 Å². The fraction of sp³-hybridized carbons (Fsp3) is 0.429. The van der Waals surface area contributed by atoms with Gasteiger partial charge in [-0.1, -0.05) is 11.3 Å². The van der Waals surface area contributed by atoms with E-state index in [9.17, 15) is 9.18 Å². The van der Waals surface area contributed by atoms with Crippen LogP contribution in [0, 0.1) is 12.7 Å². The number of aromatic nitrogens is 3. The third-order valence-corrected chi connectivity index (χ3v) is 6.47. The Kier molecular flexibility index (Phi) is 5.56. The molecule has 0 radical (unpaired) electrons. The minimum atomic E-state index is -0.348. The lowest BCUT2D eigenvalue weighted by Gasteiger charge is -2.35. The van der Waals surface area contributed by atoms with Crippen molar-refractivity contribution in [2.24, 2.45) is 0 Å². The molecule has 6 nitrogen and oxygen atoms in total. The van der Waals surface area contributed by atoms with Crippen LogP contribution < -0.4 is 0 Å². The molecule has 3 aromatic rings. The van der Waals surface area contributed by atoms with Crippen LogP contribution in [0.3, 0.4) is 0 Å². The number of likely N-dealkylation sites (tertiary alicyclic amines) is 1. The lowest BCUT2D eigenvalue weighted by Crippen LogP contribution is -2.45. The molecule has 8 heteroatoms. The van der Waals surface area contributed by atoms with Gasteiger partial charge in [0.15, 0.2) is 0 Å². The monoisotopic (exact) mass is 413 g/mol. The van der Waals surface area contributed by atoms with Gasteiger partial charge in [-0.15, -0.1) is 10.2 Å². The Balaban J connectivity index is 1.55. The van der Waals surface area contributed by atoms with Crippen LogP contribution in [0.15, 0.2) is 24.4 Å². The van der Waals surface area contributed by atoms with Crippen molar-refractivity contribution in [3.05, 3.63) is 40.9 Å². The van der Waals surface area contributed by atoms with E-state index in [-0.39, 0.29) is 24.2 Å². The van der Waals surface area contributed by atoms with Crippen molar-refractivity contribution < 1.29 is 9.18 Å². The number of likely N-dealkylation sites (N-methyl/N-ethyl adjacent to an activating group) is 1. The number of piperidine rings is 1. The Hall–Kier alpha value is -2.45. The van der Waals surface area contributed by atoms with Crippen LogP contribution in [-0.4, -0.2) is 64.1 Å². The second-order valence-electron chi connectivity index (χ2n) is 7.70. The summed E-state index contributed by atoms with van der Waals surface area (Å²) in [7, 11) is 3.97. The summed E-state index contributed by atoms with van der Waals surface area (Å²) in [5.41, 5.74) is 1.33. The highest BCUT2D eigenvalue weighted by Crippen LogP contribution is 2.29. The number of nitrogens with zero attached hydrogens (tertiary/aromatic N) is 5. The molecular formula is C21H24FN5OS. The summed E-state index contributed by atoms with van der Waals surface area (Å²) in [4.78, 5) is 21.2. The molecule has 0 aliphatic carbocycles. The predicted molar refractivity (Wildman–Crippen MR) is 112 cm³/mol. The first-order valence-corrected chi connectivity index (χ1v) is 10.5. The Bertz CT molecular complexity index is 1040. The molecule has 0 unspecified atom stereocenters. The van der Waals surface area contributed by atoms with Crippen molar-refractivity contribution in [2.75, 3.05) is 27.2 Å². The SMILES string of the molecule is Cc1nnc(-c2cc(F)c3cnc(CC(=O)N(C)C4CCN(C)CC4)cc3c2)s1. The molecule has 0 saturated carbocycles. The van der Waals surface area contributed by atoms with E-state index < -0.39 is 0 Å². The third-order valence-electron chi connectivity index (χ3n) is 5.58. The van der Waals surface area contributed by atoms with Gasteiger partial charge in [0.2, 0.25) is 5.91 Å². The number of rotatable bonds is 4. The molecular weight excluding hydrogens is 389 g/mol. The van der Waals surface area contributed by atoms with Crippen LogP contribution >= 0.6 is 11.3 Å². The van der Waals surface area contributed by atoms with E-state index >= 15 is 0 Å². The van der Waals surface area contributed by atoms with Crippen LogP contribution in [0.4, 0.5) is 4.39 Å². The number of hydrogen-bond donors (Lipinski definition) is 0. The summed E-state index contributed by atoms with van der Waals surface area (Å²) in [5, 5.41) is 10.8. The summed E-state index contributed by atoms with van der Waals surface area (Å²) >= 11 is 1.42. The number of carbonyl (C=O) groups excluding carboxylic acids is 1. The maximum atomic E-state index is 14.6. The zero-order valence-electron chi connectivity index (χ0n) is 16.9. The second-order valence-corrected chi connectivity index (χ2v) is 8.88. The van der Waals surface area contributed by atoms with Gasteiger partial charge in [0.1, 0.15) is 15.8 Å². The van der Waals surface area contributed by atoms with Gasteiger partial charge in [0.05, 0.1) is 12.1 Å². The molecule has 2 aromatic heterocycles. The van der Waals surface area contributed by atoms with Crippen LogP contribution in [0.1, 0.15) is 23.5 Å². The van der Waals surface area contributed by atoms with Crippen LogP contribution in [0.5, 0.6) is 0 Å². The van der Waals surface area contributed by atoms with Gasteiger partial charge >= 0.3 is 0 Å². The van der Waals surface area contributed by atoms with E-state index in [2.05, 4.69) is 27.1 Å². The Labute approximate surface area is 173 Å². The van der Waals surface area contributed by atoms with E-state index in [0.29, 0.717) is 27.0 Å². The Morgan fingerprint density at radius 3 is 2.72 bits per heavy atom. The summed E-state index contributed by atoms with van der Waals surface area (Å²) in [6.45, 7) is 3.88. The fourth-order valence-corrected chi connectivity index (χ4v) is 4.44. The van der Waals surface area contributed by atoms with Crippen LogP contribution in [0.25, 0.3) is 21.3 Å². The first-order valence-electron chi connectivity index (χ1n) is 9.73. The zero-order valence-corrected chi connectivity index (χ0v) is 17.7. The first-order chi connectivity index (χ1) is 13.9. The number of pyridine rings is 1. The van der Waals surface area contributed by atoms with Crippen molar-refractivity contribution in [1.82, 2.24) is 25.0 Å². The quantitative estimate of drug-likeness (QED) is 0.657. The minimum absolute atomic E-state index is 0.0442. The summed E-state index contributed by atoms with van der Waals surface area (Å²) in [6, 6.07) is 5.41. The van der Waals surface area contributed by atoms with E-state index in [1.807, 2.05) is 24.9 Å². The molecule has 1 fully saturated rings. The van der Waals surface area contributed by atoms with Gasteiger partial charge in [-0.05, 0) is 63.5 Å². The van der Waals surface area contributed by atoms with Crippen molar-refractivity contribution in [1.29, 1.82) is 0 Å². The molecule has 1 aliphatic heterocycles. The average molecular weight is 414 g/mol. The highest BCUT2D eigenvalue weighted by molar-refractivity contribution is 7.14. The largest absolute Gasteiger partial charge is 0.342 e. The minimum Gasteiger partial charge on any atom is -0.342 e. The number of fused-ring (bicyclic) bond motifs is 1. The van der Waals surface area contributed by atoms with E-state index in [1.165, 1.54) is 23.6 Å². The Morgan fingerprint density at radius 1 is 1.28 bits per heavy atom. The number of hydrogen-bond acceptors (Lipinski definition) is 6. The number of benzene rings is 1. The summed E-state index contributed by atoms with van der Waals surface area (Å²) in [5.74, 6) is -0.304. The van der Waals surface area contributed by atoms with E-state index in [4.69, 9.17) is 0 Å². The molecule has 0 atom stereocenters. The molecule has 1 amide bonds. The van der Waals surface area contributed by atoms with Gasteiger partial charge in [-0.25, -0.2) is 4.39 Å². The standard InChI is InChI=1S/C21H24FN5OS/c1-13-24-25-21(29-13)15-8-14-9-16(23-12-18(14)19(22)10-15)11-20(28)27(3)17-4-6-26(2)7-5-17/h8-10,12,17H,4-7,11H2,1-3H3.